The Morgan fingerprint density at radius 2 is 1.75 bits per heavy atom. The van der Waals surface area contributed by atoms with Crippen LogP contribution in [0.15, 0.2) is 60.7 Å². The lowest BCUT2D eigenvalue weighted by Gasteiger charge is -2.60. The van der Waals surface area contributed by atoms with Crippen molar-refractivity contribution < 1.29 is 14.7 Å². The normalized spacial score (nSPS) is 27.6. The molecule has 2 aromatic carbocycles. The second kappa shape index (κ2) is 7.06. The molecule has 2 aromatic rings. The van der Waals surface area contributed by atoms with E-state index in [-0.39, 0.29) is 5.91 Å². The number of piperazine rings is 1. The molecule has 0 saturated carbocycles. The number of amides is 1. The number of hydrogen-bond donors (Lipinski definition) is 2. The van der Waals surface area contributed by atoms with Crippen LogP contribution in [0.2, 0.25) is 0 Å². The van der Waals surface area contributed by atoms with Crippen molar-refractivity contribution in [3.63, 3.8) is 0 Å². The molecule has 3 heterocycles. The van der Waals surface area contributed by atoms with Crippen molar-refractivity contribution in [2.45, 2.75) is 49.7 Å². The smallest absolute Gasteiger partial charge is 0.326 e. The fraction of sp³-hybridized carbons (Fsp3) is 0.391. The minimum absolute atomic E-state index is 0.0836. The van der Waals surface area contributed by atoms with Gasteiger partial charge in [0.1, 0.15) is 6.04 Å². The summed E-state index contributed by atoms with van der Waals surface area (Å²) in [6.45, 7) is 2.58. The van der Waals surface area contributed by atoms with Gasteiger partial charge in [-0.3, -0.25) is 4.79 Å². The molecule has 0 radical (unpaired) electrons. The topological polar surface area (TPSA) is 69.6 Å². The number of hydrogen-bond acceptors (Lipinski definition) is 3. The van der Waals surface area contributed by atoms with Crippen LogP contribution in [0.25, 0.3) is 0 Å². The number of carboxylic acid groups (broad SMARTS) is 1. The highest BCUT2D eigenvalue weighted by Crippen LogP contribution is 2.48. The van der Waals surface area contributed by atoms with Gasteiger partial charge in [0, 0.05) is 13.0 Å². The molecular formula is C23H26N2O3. The summed E-state index contributed by atoms with van der Waals surface area (Å²) in [5, 5.41) is 13.6. The van der Waals surface area contributed by atoms with Gasteiger partial charge in [-0.1, -0.05) is 67.6 Å². The molecule has 3 atom stereocenters. The van der Waals surface area contributed by atoms with Crippen LogP contribution < -0.4 is 5.32 Å². The van der Waals surface area contributed by atoms with Crippen molar-refractivity contribution in [3.8, 4) is 0 Å². The van der Waals surface area contributed by atoms with Gasteiger partial charge >= 0.3 is 5.97 Å². The molecule has 0 spiro atoms. The zero-order chi connectivity index (χ0) is 19.8. The van der Waals surface area contributed by atoms with Gasteiger partial charge in [-0.05, 0) is 30.4 Å². The van der Waals surface area contributed by atoms with Gasteiger partial charge in [-0.25, -0.2) is 4.79 Å². The number of carbonyl (C=O) groups is 2. The number of carboxylic acids is 1. The van der Waals surface area contributed by atoms with Gasteiger partial charge in [-0.15, -0.1) is 0 Å². The molecule has 3 fully saturated rings. The van der Waals surface area contributed by atoms with E-state index in [0.29, 0.717) is 19.4 Å². The molecule has 2 N–H and O–H groups in total. The van der Waals surface area contributed by atoms with Gasteiger partial charge in [-0.2, -0.15) is 0 Å². The average Bonchev–Trinajstić information content (AvgIpc) is 2.74. The van der Waals surface area contributed by atoms with Crippen molar-refractivity contribution >= 4 is 11.9 Å². The third-order valence-corrected chi connectivity index (χ3v) is 6.56. The summed E-state index contributed by atoms with van der Waals surface area (Å²) in [5.74, 6) is -1.04. The Kier molecular flexibility index (Phi) is 4.71. The number of aliphatic carboxylic acids is 1. The Morgan fingerprint density at radius 1 is 1.11 bits per heavy atom. The molecule has 3 unspecified atom stereocenters. The molecule has 28 heavy (non-hydrogen) atoms. The molecule has 3 aliphatic rings. The lowest BCUT2D eigenvalue weighted by Crippen LogP contribution is -2.78. The third-order valence-electron chi connectivity index (χ3n) is 6.56. The van der Waals surface area contributed by atoms with E-state index in [0.717, 1.165) is 24.0 Å². The van der Waals surface area contributed by atoms with Crippen LogP contribution in [0.1, 0.15) is 37.3 Å². The molecule has 3 saturated heterocycles. The summed E-state index contributed by atoms with van der Waals surface area (Å²) in [4.78, 5) is 27.7. The molecule has 0 aromatic heterocycles. The predicted octanol–water partition coefficient (Wildman–Crippen LogP) is 2.95. The molecule has 1 amide bonds. The van der Waals surface area contributed by atoms with Crippen molar-refractivity contribution in [3.05, 3.63) is 71.8 Å². The summed E-state index contributed by atoms with van der Waals surface area (Å²) in [6, 6.07) is 18.5. The maximum atomic E-state index is 13.7. The first-order chi connectivity index (χ1) is 13.5. The highest BCUT2D eigenvalue weighted by Gasteiger charge is 2.61. The van der Waals surface area contributed by atoms with E-state index in [1.165, 1.54) is 0 Å². The lowest BCUT2D eigenvalue weighted by atomic mass is 9.67. The van der Waals surface area contributed by atoms with Crippen LogP contribution in [0.4, 0.5) is 0 Å². The second-order valence-electron chi connectivity index (χ2n) is 7.91. The van der Waals surface area contributed by atoms with Gasteiger partial charge in [0.25, 0.3) is 0 Å². The standard InChI is InChI=1S/C23H26N2O3/c1-2-22-13-14-23(16-24-22,18-11-7-4-8-12-18)25(21(22)28)19(20(26)27)15-17-9-5-3-6-10-17/h3-12,19,24H,2,13-16H2,1H3,(H,26,27). The molecule has 146 valence electrons. The van der Waals surface area contributed by atoms with E-state index in [2.05, 4.69) is 5.32 Å². The number of rotatable bonds is 6. The summed E-state index contributed by atoms with van der Waals surface area (Å²) in [6.07, 6.45) is 2.45. The van der Waals surface area contributed by atoms with Crippen molar-refractivity contribution in [1.29, 1.82) is 0 Å². The molecule has 5 rings (SSSR count). The highest BCUT2D eigenvalue weighted by molar-refractivity contribution is 5.93. The van der Waals surface area contributed by atoms with E-state index in [1.807, 2.05) is 67.6 Å². The Hall–Kier alpha value is -2.66. The number of nitrogens with one attached hydrogen (secondary N) is 1. The summed E-state index contributed by atoms with van der Waals surface area (Å²) >= 11 is 0. The Balaban J connectivity index is 1.81. The van der Waals surface area contributed by atoms with Crippen LogP contribution in [0.3, 0.4) is 0 Å². The maximum absolute atomic E-state index is 13.7. The van der Waals surface area contributed by atoms with E-state index < -0.39 is 23.1 Å². The number of benzene rings is 2. The molecule has 5 nitrogen and oxygen atoms in total. The molecule has 0 aliphatic carbocycles. The van der Waals surface area contributed by atoms with Crippen molar-refractivity contribution in [2.24, 2.45) is 0 Å². The Bertz CT molecular complexity index is 858. The van der Waals surface area contributed by atoms with Gasteiger partial charge in [0.15, 0.2) is 0 Å². The SMILES string of the molecule is CCC12CCC(c3ccccc3)(CN1)N(C(Cc1ccccc1)C(=O)O)C2=O. The fourth-order valence-electron chi connectivity index (χ4n) is 4.88. The fourth-order valence-corrected chi connectivity index (χ4v) is 4.88. The number of piperidine rings is 2. The summed E-state index contributed by atoms with van der Waals surface area (Å²) < 4.78 is 0. The van der Waals surface area contributed by atoms with Crippen molar-refractivity contribution in [1.82, 2.24) is 10.2 Å². The average molecular weight is 378 g/mol. The van der Waals surface area contributed by atoms with E-state index in [9.17, 15) is 14.7 Å². The first-order valence-electron chi connectivity index (χ1n) is 9.93. The minimum Gasteiger partial charge on any atom is -0.480 e. The number of fused-ring (bicyclic) bond motifs is 3. The first-order valence-corrected chi connectivity index (χ1v) is 9.93. The molecule has 5 heteroatoms. The molecular weight excluding hydrogens is 352 g/mol. The van der Waals surface area contributed by atoms with E-state index >= 15 is 0 Å². The van der Waals surface area contributed by atoms with Gasteiger partial charge in [0.2, 0.25) is 5.91 Å². The van der Waals surface area contributed by atoms with Crippen LogP contribution in [-0.4, -0.2) is 40.0 Å². The van der Waals surface area contributed by atoms with Crippen LogP contribution in [-0.2, 0) is 21.5 Å². The van der Waals surface area contributed by atoms with Crippen LogP contribution in [0.5, 0.6) is 0 Å². The number of carbonyl (C=O) groups excluding carboxylic acids is 1. The van der Waals surface area contributed by atoms with Crippen molar-refractivity contribution in [2.75, 3.05) is 6.54 Å². The lowest BCUT2D eigenvalue weighted by molar-refractivity contribution is -0.175. The van der Waals surface area contributed by atoms with Gasteiger partial charge in [0.05, 0.1) is 11.1 Å². The molecule has 2 bridgehead atoms. The van der Waals surface area contributed by atoms with Crippen LogP contribution in [0, 0.1) is 0 Å². The second-order valence-corrected chi connectivity index (χ2v) is 7.91. The molecule has 3 aliphatic heterocycles. The number of nitrogens with zero attached hydrogens (tertiary/aromatic N) is 1. The van der Waals surface area contributed by atoms with Crippen LogP contribution >= 0.6 is 0 Å². The van der Waals surface area contributed by atoms with Gasteiger partial charge < -0.3 is 15.3 Å². The summed E-state index contributed by atoms with van der Waals surface area (Å²) in [7, 11) is 0. The monoisotopic (exact) mass is 378 g/mol. The summed E-state index contributed by atoms with van der Waals surface area (Å²) in [5.41, 5.74) is 0.638. The zero-order valence-electron chi connectivity index (χ0n) is 16.1. The first kappa shape index (κ1) is 18.7. The third kappa shape index (κ3) is 2.81. The predicted molar refractivity (Wildman–Crippen MR) is 107 cm³/mol. The largest absolute Gasteiger partial charge is 0.480 e. The highest BCUT2D eigenvalue weighted by atomic mass is 16.4. The van der Waals surface area contributed by atoms with E-state index in [1.54, 1.807) is 4.90 Å². The van der Waals surface area contributed by atoms with E-state index in [4.69, 9.17) is 0 Å². The zero-order valence-corrected chi connectivity index (χ0v) is 16.1. The Labute approximate surface area is 165 Å². The maximum Gasteiger partial charge on any atom is 0.326 e. The quantitative estimate of drug-likeness (QED) is 0.811. The Morgan fingerprint density at radius 3 is 2.29 bits per heavy atom. The minimum atomic E-state index is -0.952.